The summed E-state index contributed by atoms with van der Waals surface area (Å²) in [5.74, 6) is -0.157. The number of alkyl halides is 3. The van der Waals surface area contributed by atoms with E-state index in [0.29, 0.717) is 29.2 Å². The summed E-state index contributed by atoms with van der Waals surface area (Å²) in [5.41, 5.74) is 2.65. The van der Waals surface area contributed by atoms with Crippen LogP contribution in [0.15, 0.2) is 54.9 Å². The van der Waals surface area contributed by atoms with E-state index in [1.165, 1.54) is 31.5 Å². The maximum absolute atomic E-state index is 12.4. The van der Waals surface area contributed by atoms with E-state index >= 15 is 0 Å². The van der Waals surface area contributed by atoms with Gasteiger partial charge in [-0.25, -0.2) is 4.98 Å². The largest absolute Gasteiger partial charge is 0.573 e. The molecule has 0 saturated carbocycles. The number of nitrogens with zero attached hydrogens (tertiary/aromatic N) is 2. The van der Waals surface area contributed by atoms with E-state index in [1.54, 1.807) is 30.5 Å². The highest BCUT2D eigenvalue weighted by atomic mass is 19.4. The molecule has 0 atom stereocenters. The molecular weight excluding hydrogens is 427 g/mol. The number of aliphatic carboxylic acids is 1. The summed E-state index contributed by atoms with van der Waals surface area (Å²) >= 11 is 0. The first-order chi connectivity index (χ1) is 15.2. The van der Waals surface area contributed by atoms with Crippen LogP contribution < -0.4 is 14.8 Å². The predicted octanol–water partition coefficient (Wildman–Crippen LogP) is 4.68. The summed E-state index contributed by atoms with van der Waals surface area (Å²) in [4.78, 5) is 19.5. The third kappa shape index (κ3) is 6.59. The van der Waals surface area contributed by atoms with Crippen molar-refractivity contribution in [2.75, 3.05) is 12.4 Å². The number of hydrogen-bond acceptors (Lipinski definition) is 6. The number of anilines is 1. The molecule has 0 radical (unpaired) electrons. The summed E-state index contributed by atoms with van der Waals surface area (Å²) in [7, 11) is 1.49. The summed E-state index contributed by atoms with van der Waals surface area (Å²) in [6, 6.07) is 10.9. The maximum atomic E-state index is 12.4. The topological polar surface area (TPSA) is 93.6 Å². The first-order valence-corrected chi connectivity index (χ1v) is 9.53. The molecule has 2 N–H and O–H groups in total. The Hall–Kier alpha value is -3.82. The average molecular weight is 447 g/mol. The van der Waals surface area contributed by atoms with E-state index < -0.39 is 12.3 Å². The van der Waals surface area contributed by atoms with Gasteiger partial charge in [-0.05, 0) is 47.9 Å². The second-order valence-electron chi connectivity index (χ2n) is 6.76. The number of ether oxygens (including phenoxy) is 2. The van der Waals surface area contributed by atoms with Crippen LogP contribution in [0, 0.1) is 0 Å². The van der Waals surface area contributed by atoms with Crippen LogP contribution in [0.3, 0.4) is 0 Å². The van der Waals surface area contributed by atoms with Gasteiger partial charge in [0.15, 0.2) is 0 Å². The molecule has 1 aromatic carbocycles. The van der Waals surface area contributed by atoms with Gasteiger partial charge in [-0.2, -0.15) is 0 Å². The van der Waals surface area contributed by atoms with E-state index in [9.17, 15) is 18.0 Å². The Kier molecular flexibility index (Phi) is 7.14. The number of hydrogen-bond donors (Lipinski definition) is 2. The Labute approximate surface area is 181 Å². The minimum atomic E-state index is -4.74. The third-order valence-corrected chi connectivity index (χ3v) is 4.44. The highest BCUT2D eigenvalue weighted by Gasteiger charge is 2.31. The van der Waals surface area contributed by atoms with Crippen molar-refractivity contribution >= 4 is 11.8 Å². The van der Waals surface area contributed by atoms with Gasteiger partial charge in [0.25, 0.3) is 0 Å². The highest BCUT2D eigenvalue weighted by molar-refractivity contribution is 5.68. The number of rotatable bonds is 9. The number of pyridine rings is 2. The molecule has 32 heavy (non-hydrogen) atoms. The number of carbonyl (C=O) groups is 1. The van der Waals surface area contributed by atoms with Crippen LogP contribution >= 0.6 is 0 Å². The minimum absolute atomic E-state index is 0.0316. The van der Waals surface area contributed by atoms with Crippen molar-refractivity contribution in [1.29, 1.82) is 0 Å². The summed E-state index contributed by atoms with van der Waals surface area (Å²) in [5, 5.41) is 12.0. The highest BCUT2D eigenvalue weighted by Crippen LogP contribution is 2.26. The fourth-order valence-corrected chi connectivity index (χ4v) is 2.96. The first kappa shape index (κ1) is 22.9. The zero-order valence-electron chi connectivity index (χ0n) is 17.0. The van der Waals surface area contributed by atoms with Gasteiger partial charge in [0, 0.05) is 24.7 Å². The van der Waals surface area contributed by atoms with E-state index in [-0.39, 0.29) is 18.7 Å². The van der Waals surface area contributed by atoms with E-state index in [4.69, 9.17) is 9.84 Å². The lowest BCUT2D eigenvalue weighted by atomic mass is 10.1. The summed E-state index contributed by atoms with van der Waals surface area (Å²) in [6.07, 6.45) is -1.34. The van der Waals surface area contributed by atoms with Crippen molar-refractivity contribution in [2.45, 2.75) is 25.7 Å². The lowest BCUT2D eigenvalue weighted by molar-refractivity contribution is -0.274. The smallest absolute Gasteiger partial charge is 0.495 e. The monoisotopic (exact) mass is 447 g/mol. The predicted molar refractivity (Wildman–Crippen MR) is 110 cm³/mol. The van der Waals surface area contributed by atoms with Crippen molar-refractivity contribution < 1.29 is 32.5 Å². The van der Waals surface area contributed by atoms with Crippen LogP contribution in [-0.2, 0) is 17.8 Å². The van der Waals surface area contributed by atoms with E-state index in [2.05, 4.69) is 20.0 Å². The second kappa shape index (κ2) is 9.99. The molecule has 0 spiro atoms. The molecule has 0 saturated heterocycles. The number of aromatic nitrogens is 2. The number of methoxy groups -OCH3 is 1. The number of nitrogens with one attached hydrogen (secondary N) is 1. The molecule has 0 aliphatic rings. The van der Waals surface area contributed by atoms with Crippen LogP contribution in [0.25, 0.3) is 11.3 Å². The summed E-state index contributed by atoms with van der Waals surface area (Å²) in [6.45, 7) is 0.252. The van der Waals surface area contributed by atoms with Crippen molar-refractivity contribution in [1.82, 2.24) is 9.97 Å². The first-order valence-electron chi connectivity index (χ1n) is 9.53. The molecule has 2 heterocycles. The van der Waals surface area contributed by atoms with Crippen molar-refractivity contribution in [2.24, 2.45) is 0 Å². The average Bonchev–Trinajstić information content (AvgIpc) is 2.75. The minimum Gasteiger partial charge on any atom is -0.495 e. The van der Waals surface area contributed by atoms with Gasteiger partial charge in [-0.1, -0.05) is 12.1 Å². The molecule has 7 nitrogen and oxygen atoms in total. The van der Waals surface area contributed by atoms with Gasteiger partial charge in [0.2, 0.25) is 0 Å². The number of halogens is 3. The molecule has 0 aliphatic carbocycles. The second-order valence-corrected chi connectivity index (χ2v) is 6.76. The van der Waals surface area contributed by atoms with Crippen LogP contribution in [0.2, 0.25) is 0 Å². The van der Waals surface area contributed by atoms with Crippen LogP contribution in [0.4, 0.5) is 19.0 Å². The maximum Gasteiger partial charge on any atom is 0.573 e. The normalized spacial score (nSPS) is 11.1. The fourth-order valence-electron chi connectivity index (χ4n) is 2.96. The SMILES string of the molecule is COc1cnc(-c2ccc(NCc3cccc(OC(F)(F)F)c3)nc2)cc1CCC(=O)O. The molecule has 3 rings (SSSR count). The zero-order chi connectivity index (χ0) is 23.1. The van der Waals surface area contributed by atoms with E-state index in [1.807, 2.05) is 0 Å². The molecule has 0 amide bonds. The molecule has 0 unspecified atom stereocenters. The van der Waals surface area contributed by atoms with Crippen molar-refractivity contribution in [3.8, 4) is 22.8 Å². The van der Waals surface area contributed by atoms with Gasteiger partial charge in [0.1, 0.15) is 17.3 Å². The Morgan fingerprint density at radius 3 is 2.59 bits per heavy atom. The van der Waals surface area contributed by atoms with Gasteiger partial charge in [-0.15, -0.1) is 13.2 Å². The Morgan fingerprint density at radius 2 is 1.94 bits per heavy atom. The molecule has 0 bridgehead atoms. The van der Waals surface area contributed by atoms with Crippen molar-refractivity contribution in [3.63, 3.8) is 0 Å². The van der Waals surface area contributed by atoms with Crippen LogP contribution in [0.1, 0.15) is 17.5 Å². The van der Waals surface area contributed by atoms with Crippen LogP contribution in [0.5, 0.6) is 11.5 Å². The number of aryl methyl sites for hydroxylation is 1. The summed E-state index contributed by atoms with van der Waals surface area (Å²) < 4.78 is 46.3. The molecular formula is C22H20F3N3O4. The lowest BCUT2D eigenvalue weighted by Crippen LogP contribution is -2.17. The number of carboxylic acids is 1. The molecule has 168 valence electrons. The molecule has 2 aromatic heterocycles. The van der Waals surface area contributed by atoms with Crippen molar-refractivity contribution in [3.05, 3.63) is 66.0 Å². The molecule has 0 fully saturated rings. The zero-order valence-corrected chi connectivity index (χ0v) is 17.0. The quantitative estimate of drug-likeness (QED) is 0.492. The molecule has 10 heteroatoms. The van der Waals surface area contributed by atoms with E-state index in [0.717, 1.165) is 11.1 Å². The molecule has 0 aliphatic heterocycles. The standard InChI is InChI=1S/C22H20F3N3O4/c1-31-19-13-26-18(10-15(19)6-8-21(29)30)16-5-7-20(28-12-16)27-11-14-3-2-4-17(9-14)32-22(23,24)25/h2-5,7,9-10,12-13H,6,8,11H2,1H3,(H,27,28)(H,29,30). The number of benzene rings is 1. The Bertz CT molecular complexity index is 1070. The Balaban J connectivity index is 1.67. The lowest BCUT2D eigenvalue weighted by Gasteiger charge is -2.11. The van der Waals surface area contributed by atoms with Crippen LogP contribution in [-0.4, -0.2) is 34.5 Å². The number of carboxylic acid groups (broad SMARTS) is 1. The van der Waals surface area contributed by atoms with Gasteiger partial charge in [0.05, 0.1) is 19.0 Å². The van der Waals surface area contributed by atoms with Gasteiger partial charge in [-0.3, -0.25) is 9.78 Å². The fraction of sp³-hybridized carbons (Fsp3) is 0.227. The Morgan fingerprint density at radius 1 is 1.12 bits per heavy atom. The van der Waals surface area contributed by atoms with Gasteiger partial charge >= 0.3 is 12.3 Å². The van der Waals surface area contributed by atoms with Gasteiger partial charge < -0.3 is 19.9 Å². The third-order valence-electron chi connectivity index (χ3n) is 4.44. The molecule has 3 aromatic rings.